The van der Waals surface area contributed by atoms with E-state index in [0.29, 0.717) is 34.6 Å². The molecule has 0 aliphatic rings. The molecule has 1 amide bonds. The zero-order valence-corrected chi connectivity index (χ0v) is 69.5. The zero-order chi connectivity index (χ0) is 86.0. The number of carboxylic acids is 1. The minimum atomic E-state index is -1.000. The number of pyridine rings is 8. The normalized spacial score (nSPS) is 10.6. The van der Waals surface area contributed by atoms with E-state index in [4.69, 9.17) is 23.3 Å². The number of aromatic amines is 4. The van der Waals surface area contributed by atoms with Gasteiger partial charge in [-0.1, -0.05) is 140 Å². The zero-order valence-electron chi connectivity index (χ0n) is 66.4. The number of nitrogens with one attached hydrogen (secondary N) is 5. The quantitative estimate of drug-likeness (QED) is 0.0807. The molecule has 0 aliphatic heterocycles. The summed E-state index contributed by atoms with van der Waals surface area (Å²) in [7, 11) is 1.90. The molecule has 0 radical (unpaired) electrons. The molecule has 15 aromatic heterocycles. The molecule has 7 aromatic carbocycles. The Hall–Kier alpha value is -16.6. The summed E-state index contributed by atoms with van der Waals surface area (Å²) in [5.74, 6) is -1.17. The third kappa shape index (κ3) is 19.4. The van der Waals surface area contributed by atoms with Crippen molar-refractivity contribution in [3.05, 3.63) is 347 Å². The van der Waals surface area contributed by atoms with E-state index in [9.17, 15) is 14.4 Å². The first-order chi connectivity index (χ1) is 60.5. The molecule has 22 aromatic rings. The van der Waals surface area contributed by atoms with Gasteiger partial charge in [-0.25, -0.2) is 34.1 Å². The minimum Gasteiger partial charge on any atom is -0.478 e. The largest absolute Gasteiger partial charge is 0.478 e. The topological polar surface area (TPSA) is 363 Å². The molecule has 31 heteroatoms. The molecule has 22 rings (SSSR count). The first-order valence-corrected chi connectivity index (χ1v) is 39.7. The van der Waals surface area contributed by atoms with Crippen molar-refractivity contribution >= 4 is 176 Å². The highest BCUT2D eigenvalue weighted by molar-refractivity contribution is 9.10. The lowest BCUT2D eigenvalue weighted by Crippen LogP contribution is -2.07. The van der Waals surface area contributed by atoms with Gasteiger partial charge in [0.1, 0.15) is 37.9 Å². The number of rotatable bonds is 7. The number of nitrogens with zero attached hydrogens (tertiary/aromatic N) is 20. The lowest BCUT2D eigenvalue weighted by molar-refractivity contribution is -0.114. The number of halogens is 2. The van der Waals surface area contributed by atoms with E-state index in [2.05, 4.69) is 217 Å². The number of carbonyl (C=O) groups excluding carboxylic acids is 2. The highest BCUT2D eigenvalue weighted by Crippen LogP contribution is 2.35. The molecule has 6 N–H and O–H groups in total. The Labute approximate surface area is 722 Å². The maximum atomic E-state index is 11.1. The van der Waals surface area contributed by atoms with Gasteiger partial charge in [-0.15, -0.1) is 0 Å². The second-order valence-corrected chi connectivity index (χ2v) is 29.0. The summed E-state index contributed by atoms with van der Waals surface area (Å²) in [5.41, 5.74) is 18.5. The monoisotopic (exact) mass is 1760 g/mol. The van der Waals surface area contributed by atoms with Gasteiger partial charge in [0.2, 0.25) is 23.2 Å². The van der Waals surface area contributed by atoms with E-state index in [-0.39, 0.29) is 17.4 Å². The van der Waals surface area contributed by atoms with Crippen molar-refractivity contribution in [2.45, 2.75) is 27.3 Å². The molecule has 604 valence electrons. The van der Waals surface area contributed by atoms with E-state index >= 15 is 0 Å². The van der Waals surface area contributed by atoms with Gasteiger partial charge in [-0.05, 0) is 174 Å². The van der Waals surface area contributed by atoms with E-state index < -0.39 is 5.97 Å². The number of benzene rings is 7. The maximum absolute atomic E-state index is 11.1. The number of carbonyl (C=O) groups is 3. The Balaban J connectivity index is 0.000000113. The summed E-state index contributed by atoms with van der Waals surface area (Å²) in [4.78, 5) is 72.9. The van der Waals surface area contributed by atoms with Crippen molar-refractivity contribution < 1.29 is 19.5 Å². The summed E-state index contributed by atoms with van der Waals surface area (Å²) in [6, 6.07) is 77.4. The van der Waals surface area contributed by atoms with Crippen LogP contribution in [0.4, 0.5) is 17.1 Å². The fourth-order valence-electron chi connectivity index (χ4n) is 13.2. The van der Waals surface area contributed by atoms with Crippen LogP contribution in [0.25, 0.3) is 153 Å². The molecule has 0 bridgehead atoms. The van der Waals surface area contributed by atoms with Crippen molar-refractivity contribution in [2.24, 2.45) is 7.05 Å². The number of hydrogen-bond acceptors (Lipinski definition) is 18. The molecule has 0 spiro atoms. The van der Waals surface area contributed by atoms with Gasteiger partial charge in [0.25, 0.3) is 0 Å². The molecule has 0 unspecified atom stereocenters. The first-order valence-electron chi connectivity index (χ1n) is 38.2. The summed E-state index contributed by atoms with van der Waals surface area (Å²) >= 11 is 6.61. The van der Waals surface area contributed by atoms with Crippen LogP contribution < -0.4 is 5.32 Å². The maximum Gasteiger partial charge on any atom is 0.337 e. The molecular formula is C93H69Br2N25O4. The number of H-pyrrole nitrogens is 4. The molecule has 0 atom stereocenters. The van der Waals surface area contributed by atoms with Crippen LogP contribution in [0.3, 0.4) is 0 Å². The highest BCUT2D eigenvalue weighted by atomic mass is 79.9. The van der Waals surface area contributed by atoms with E-state index in [0.717, 1.165) is 131 Å². The van der Waals surface area contributed by atoms with Gasteiger partial charge in [-0.3, -0.25) is 59.6 Å². The molecule has 15 heterocycles. The lowest BCUT2D eigenvalue weighted by Gasteiger charge is -2.03. The summed E-state index contributed by atoms with van der Waals surface area (Å²) in [6.45, 7) is 19.9. The Kier molecular flexibility index (Phi) is 25.5. The average molecular weight is 1760 g/mol. The minimum absolute atomic E-state index is 0.0684. The number of amides is 1. The standard InChI is InChI=1S/C24H16N4.C17H10N4.C17H11N3O2.C8H7N3O.C8H10N2O.C7H6BrN3.C6H4BrN3.C6H5N3/c1-25-21-14-22-23(20-12-11-18-9-5-6-10-19(18)13-20)27-28(24(22)26-15-21)16-17-7-3-2-4-8-17;1-18-14-9-15-16(20-21-17(15)19-10-14)13-7-6-11-4-2-3-5-12(11)8-13;21-17(22)13-8-14-15(19-20-16(14)18-9-13)12-6-5-10-3-1-2-4-11(10)7-12;1-6(12)11-8-3-2-4-9-7(8)5-10-11;1-6-8(10-7(2)11)4-3-5-9-6;1-11-5-3-2-4-9-6(5)7(8)10-11;7-6-5-4(9-10-6)2-1-3-8-5;1-2-5-6(7-3-1)4-8-9-5/h2-15H,16H2;2-10H,(H,19,20,21);1-9H,(H,21,22)(H,18,19,20);2-5H,1H3;3-5H,1-2H3,(H,10,11);2-4H,1H3;1-3H,(H,9,10);1-4H,(H,8,9). The van der Waals surface area contributed by atoms with Gasteiger partial charge in [-0.2, -0.15) is 40.4 Å². The number of aromatic nitrogens is 22. The third-order valence-electron chi connectivity index (χ3n) is 19.2. The SMILES string of the molecule is Brc1[nH]nc2cccnc12.CC(=O)Nc1cccnc1C.CC(=O)n1ncc2ncccc21.Cn1nc(Br)c2ncccc21.O=C(O)c1cnc2n[nH]c(-c3ccc4ccccc4c3)c2c1.[C-]#[N+]c1cnc2c(c1)c(-c1ccc3ccccc3c1)nn2Cc1ccccc1.[C-]#[N+]c1cnc2n[nH]c(-c3ccc4ccccc4c3)c2c1.c1cnc2cn[nH]c2c1. The van der Waals surface area contributed by atoms with Crippen molar-refractivity contribution in [3.63, 3.8) is 0 Å². The van der Waals surface area contributed by atoms with E-state index in [1.54, 1.807) is 78.7 Å². The van der Waals surface area contributed by atoms with Gasteiger partial charge in [0, 0.05) is 103 Å². The van der Waals surface area contributed by atoms with Crippen LogP contribution in [0, 0.1) is 20.1 Å². The summed E-state index contributed by atoms with van der Waals surface area (Å²) in [6.07, 6.45) is 16.4. The average Bonchev–Trinajstić information content (AvgIpc) is 1.61. The number of fused-ring (bicyclic) bond motifs is 10. The summed E-state index contributed by atoms with van der Waals surface area (Å²) < 4.78 is 6.69. The van der Waals surface area contributed by atoms with Crippen molar-refractivity contribution in [3.8, 4) is 33.8 Å². The smallest absolute Gasteiger partial charge is 0.337 e. The first kappa shape index (κ1) is 82.5. The molecule has 124 heavy (non-hydrogen) atoms. The molecule has 29 nitrogen and oxygen atoms in total. The van der Waals surface area contributed by atoms with Crippen LogP contribution in [0.5, 0.6) is 0 Å². The van der Waals surface area contributed by atoms with Gasteiger partial charge < -0.3 is 10.4 Å². The van der Waals surface area contributed by atoms with Crippen molar-refractivity contribution in [1.82, 2.24) is 110 Å². The molecule has 0 saturated heterocycles. The third-order valence-corrected chi connectivity index (χ3v) is 20.2. The fraction of sp³-hybridized carbons (Fsp3) is 0.0538. The van der Waals surface area contributed by atoms with Crippen LogP contribution in [0.1, 0.15) is 40.3 Å². The van der Waals surface area contributed by atoms with Gasteiger partial charge >= 0.3 is 5.97 Å². The fourth-order valence-corrected chi connectivity index (χ4v) is 14.1. The predicted molar refractivity (Wildman–Crippen MR) is 488 cm³/mol. The van der Waals surface area contributed by atoms with Gasteiger partial charge in [0.05, 0.1) is 77.0 Å². The number of carboxylic acid groups (broad SMARTS) is 1. The van der Waals surface area contributed by atoms with Gasteiger partial charge in [0.15, 0.2) is 21.5 Å². The van der Waals surface area contributed by atoms with Crippen LogP contribution >= 0.6 is 31.9 Å². The van der Waals surface area contributed by atoms with Crippen molar-refractivity contribution in [2.75, 3.05) is 5.32 Å². The van der Waals surface area contributed by atoms with Crippen LogP contribution in [0.2, 0.25) is 0 Å². The summed E-state index contributed by atoms with van der Waals surface area (Å²) in [5, 5.41) is 61.9. The molecule has 0 fully saturated rings. The predicted octanol–water partition coefficient (Wildman–Crippen LogP) is 20.5. The van der Waals surface area contributed by atoms with Crippen LogP contribution in [-0.2, 0) is 18.4 Å². The second-order valence-electron chi connectivity index (χ2n) is 27.4. The Morgan fingerprint density at radius 2 is 1.02 bits per heavy atom. The number of aromatic carboxylic acids is 1. The molecule has 0 aliphatic carbocycles. The second kappa shape index (κ2) is 38.4. The van der Waals surface area contributed by atoms with Crippen LogP contribution in [-0.4, -0.2) is 133 Å². The molecular weight excluding hydrogens is 1690 g/mol. The Morgan fingerprint density at radius 1 is 0.476 bits per heavy atom. The van der Waals surface area contributed by atoms with E-state index in [1.807, 2.05) is 158 Å². The van der Waals surface area contributed by atoms with Crippen LogP contribution in [0.15, 0.2) is 308 Å². The van der Waals surface area contributed by atoms with Crippen molar-refractivity contribution in [1.29, 1.82) is 0 Å². The number of anilines is 1. The number of hydrogen-bond donors (Lipinski definition) is 6. The number of aryl methyl sites for hydroxylation is 2. The Bertz CT molecular complexity index is 7650. The molecule has 0 saturated carbocycles. The Morgan fingerprint density at radius 3 is 1.62 bits per heavy atom. The lowest BCUT2D eigenvalue weighted by atomic mass is 10.0. The highest BCUT2D eigenvalue weighted by Gasteiger charge is 2.18. The van der Waals surface area contributed by atoms with E-state index in [1.165, 1.54) is 46.3 Å².